The van der Waals surface area contributed by atoms with Gasteiger partial charge in [-0.3, -0.25) is 24.3 Å². The maximum atomic E-state index is 12.8. The largest absolute Gasteiger partial charge is 0.398 e. The molecule has 0 spiro atoms. The maximum Gasteiger partial charge on any atom is 0.264 e. The fourth-order valence-electron chi connectivity index (χ4n) is 2.50. The van der Waals surface area contributed by atoms with Gasteiger partial charge in [0.2, 0.25) is 11.8 Å². The van der Waals surface area contributed by atoms with Crippen LogP contribution >= 0.6 is 0 Å². The van der Waals surface area contributed by atoms with Crippen molar-refractivity contribution in [3.63, 3.8) is 0 Å². The molecular weight excluding hydrogens is 272 g/mol. The van der Waals surface area contributed by atoms with E-state index in [1.54, 1.807) is 25.1 Å². The molecule has 0 unspecified atom stereocenters. The number of benzene rings is 1. The van der Waals surface area contributed by atoms with Crippen LogP contribution in [-0.2, 0) is 9.59 Å². The predicted octanol–water partition coefficient (Wildman–Crippen LogP) is 0.265. The van der Waals surface area contributed by atoms with E-state index in [4.69, 9.17) is 7.10 Å². The Balaban J connectivity index is 2.32. The van der Waals surface area contributed by atoms with E-state index in [1.807, 2.05) is 0 Å². The fourth-order valence-corrected chi connectivity index (χ4v) is 2.50. The van der Waals surface area contributed by atoms with E-state index >= 15 is 0 Å². The summed E-state index contributed by atoms with van der Waals surface area (Å²) in [5, 5.41) is 2.27. The first-order chi connectivity index (χ1) is 10.3. The number of carbonyl (C=O) groups is 2. The number of imide groups is 1. The van der Waals surface area contributed by atoms with Crippen molar-refractivity contribution in [3.8, 4) is 0 Å². The Morgan fingerprint density at radius 3 is 2.90 bits per heavy atom. The van der Waals surface area contributed by atoms with E-state index in [0.717, 1.165) is 4.57 Å². The third kappa shape index (κ3) is 2.06. The first kappa shape index (κ1) is 12.1. The van der Waals surface area contributed by atoms with Crippen molar-refractivity contribution in [2.24, 2.45) is 0 Å². The lowest BCUT2D eigenvalue weighted by atomic mass is 10.1. The number of fused-ring (bicyclic) bond motifs is 1. The minimum atomic E-state index is -1.90. The molecule has 1 aromatic carbocycles. The number of nitrogens with one attached hydrogen (secondary N) is 1. The van der Waals surface area contributed by atoms with E-state index in [1.165, 1.54) is 0 Å². The minimum absolute atomic E-state index is 0.0105. The summed E-state index contributed by atoms with van der Waals surface area (Å²) < 4.78 is 9.41. The number of piperidine rings is 1. The highest BCUT2D eigenvalue weighted by Crippen LogP contribution is 2.21. The van der Waals surface area contributed by atoms with Crippen molar-refractivity contribution in [2.45, 2.75) is 25.8 Å². The molecule has 2 heterocycles. The Morgan fingerprint density at radius 1 is 1.43 bits per heavy atom. The molecule has 1 fully saturated rings. The molecule has 3 N–H and O–H groups in total. The molecule has 1 aromatic heterocycles. The molecule has 7 nitrogen and oxygen atoms in total. The molecule has 1 atom stereocenters. The Kier molecular flexibility index (Phi) is 2.70. The molecule has 0 radical (unpaired) electrons. The molecule has 1 aliphatic heterocycles. The number of hydrogen-bond donors (Lipinski definition) is 2. The highest BCUT2D eigenvalue weighted by atomic mass is 16.2. The van der Waals surface area contributed by atoms with Gasteiger partial charge in [0.05, 0.1) is 12.3 Å². The summed E-state index contributed by atoms with van der Waals surface area (Å²) in [4.78, 5) is 40.4. The van der Waals surface area contributed by atoms with Crippen LogP contribution in [0, 0.1) is 6.92 Å². The highest BCUT2D eigenvalue weighted by Gasteiger charge is 2.30. The summed E-state index contributed by atoms with van der Waals surface area (Å²) in [7, 11) is 0. The molecule has 1 saturated heterocycles. The quantitative estimate of drug-likeness (QED) is 0.578. The summed E-state index contributed by atoms with van der Waals surface area (Å²) in [6.07, 6.45) is -0.0955. The van der Waals surface area contributed by atoms with Crippen LogP contribution in [0.25, 0.3) is 10.9 Å². The monoisotopic (exact) mass is 287 g/mol. The van der Waals surface area contributed by atoms with Gasteiger partial charge >= 0.3 is 0 Å². The molecule has 2 amide bonds. The topological polar surface area (TPSA) is 107 Å². The van der Waals surface area contributed by atoms with Gasteiger partial charge in [-0.25, -0.2) is 4.98 Å². The van der Waals surface area contributed by atoms with Crippen LogP contribution in [-0.4, -0.2) is 21.4 Å². The molecule has 1 aliphatic rings. The van der Waals surface area contributed by atoms with Crippen LogP contribution < -0.4 is 16.6 Å². The molecular formula is C14H14N4O3. The lowest BCUT2D eigenvalue weighted by Crippen LogP contribution is -2.45. The van der Waals surface area contributed by atoms with E-state index in [9.17, 15) is 14.4 Å². The van der Waals surface area contributed by atoms with E-state index < -0.39 is 23.4 Å². The van der Waals surface area contributed by atoms with E-state index in [0.29, 0.717) is 5.52 Å². The summed E-state index contributed by atoms with van der Waals surface area (Å²) in [5.74, 6) is -1.06. The Labute approximate surface area is 121 Å². The van der Waals surface area contributed by atoms with Gasteiger partial charge in [0, 0.05) is 12.1 Å². The van der Waals surface area contributed by atoms with Gasteiger partial charge in [-0.1, -0.05) is 6.07 Å². The minimum Gasteiger partial charge on any atom is -0.398 e. The SMILES string of the molecule is [2H][C@@]1(n2c(C)nc3cccc(N)c3c2=O)CCC(=O)NC1=O. The number of anilines is 1. The Bertz CT molecular complexity index is 876. The zero-order valence-corrected chi connectivity index (χ0v) is 11.3. The first-order valence-electron chi connectivity index (χ1n) is 6.97. The number of nitrogens with zero attached hydrogens (tertiary/aromatic N) is 2. The van der Waals surface area contributed by atoms with Gasteiger partial charge in [-0.2, -0.15) is 0 Å². The van der Waals surface area contributed by atoms with Crippen molar-refractivity contribution in [3.05, 3.63) is 34.4 Å². The third-order valence-corrected chi connectivity index (χ3v) is 3.47. The van der Waals surface area contributed by atoms with Crippen molar-refractivity contribution >= 4 is 28.4 Å². The second-order valence-corrected chi connectivity index (χ2v) is 4.86. The highest BCUT2D eigenvalue weighted by molar-refractivity contribution is 5.99. The van der Waals surface area contributed by atoms with Crippen molar-refractivity contribution in [1.29, 1.82) is 0 Å². The maximum absolute atomic E-state index is 12.8. The summed E-state index contributed by atoms with van der Waals surface area (Å²) in [5.41, 5.74) is 5.93. The van der Waals surface area contributed by atoms with Crippen molar-refractivity contribution in [1.82, 2.24) is 14.9 Å². The van der Waals surface area contributed by atoms with Crippen molar-refractivity contribution in [2.75, 3.05) is 5.73 Å². The normalized spacial score (nSPS) is 23.0. The number of aryl methyl sites for hydroxylation is 1. The van der Waals surface area contributed by atoms with E-state index in [2.05, 4.69) is 10.3 Å². The molecule has 21 heavy (non-hydrogen) atoms. The summed E-state index contributed by atoms with van der Waals surface area (Å²) >= 11 is 0. The average Bonchev–Trinajstić information content (AvgIpc) is 2.43. The zero-order chi connectivity index (χ0) is 16.1. The molecule has 108 valence electrons. The lowest BCUT2D eigenvalue weighted by Gasteiger charge is -2.24. The summed E-state index contributed by atoms with van der Waals surface area (Å²) in [6, 6.07) is 2.98. The fraction of sp³-hybridized carbons (Fsp3) is 0.286. The van der Waals surface area contributed by atoms with Crippen LogP contribution in [0.15, 0.2) is 23.0 Å². The number of carbonyl (C=O) groups excluding carboxylic acids is 2. The molecule has 3 rings (SSSR count). The molecule has 0 bridgehead atoms. The van der Waals surface area contributed by atoms with Gasteiger partial charge in [0.1, 0.15) is 11.8 Å². The Hall–Kier alpha value is -2.70. The van der Waals surface area contributed by atoms with E-state index in [-0.39, 0.29) is 29.7 Å². The second kappa shape index (κ2) is 4.69. The lowest BCUT2D eigenvalue weighted by molar-refractivity contribution is -0.135. The smallest absolute Gasteiger partial charge is 0.264 e. The molecule has 0 aliphatic carbocycles. The average molecular weight is 287 g/mol. The van der Waals surface area contributed by atoms with Gasteiger partial charge in [0.25, 0.3) is 5.56 Å². The number of hydrogen-bond acceptors (Lipinski definition) is 5. The Morgan fingerprint density at radius 2 is 2.19 bits per heavy atom. The molecule has 0 saturated carbocycles. The zero-order valence-electron chi connectivity index (χ0n) is 12.3. The van der Waals surface area contributed by atoms with Crippen LogP contribution in [0.3, 0.4) is 0 Å². The van der Waals surface area contributed by atoms with Crippen LogP contribution in [0.4, 0.5) is 5.69 Å². The number of nitrogen functional groups attached to an aromatic ring is 1. The molecule has 7 heteroatoms. The standard InChI is InChI=1S/C14H14N4O3/c1-7-16-9-4-2-3-8(15)12(9)14(21)18(7)10-5-6-11(19)17-13(10)20/h2-4,10H,5-6,15H2,1H3,(H,17,19,20)/t10-/m1/s1/i10D. The van der Waals surface area contributed by atoms with Crippen LogP contribution in [0.5, 0.6) is 0 Å². The van der Waals surface area contributed by atoms with Gasteiger partial charge in [-0.15, -0.1) is 0 Å². The van der Waals surface area contributed by atoms with Crippen molar-refractivity contribution < 1.29 is 11.0 Å². The predicted molar refractivity (Wildman–Crippen MR) is 76.6 cm³/mol. The second-order valence-electron chi connectivity index (χ2n) is 4.86. The summed E-state index contributed by atoms with van der Waals surface area (Å²) in [6.45, 7) is 1.55. The van der Waals surface area contributed by atoms with Gasteiger partial charge < -0.3 is 5.73 Å². The third-order valence-electron chi connectivity index (χ3n) is 3.47. The number of rotatable bonds is 1. The molecule has 2 aromatic rings. The number of nitrogens with two attached hydrogens (primary N) is 1. The first-order valence-corrected chi connectivity index (χ1v) is 6.47. The number of aromatic nitrogens is 2. The van der Waals surface area contributed by atoms with Gasteiger partial charge in [-0.05, 0) is 25.5 Å². The number of amides is 2. The van der Waals surface area contributed by atoms with Crippen LogP contribution in [0.1, 0.15) is 26.1 Å². The van der Waals surface area contributed by atoms with Crippen LogP contribution in [0.2, 0.25) is 0 Å². The van der Waals surface area contributed by atoms with Gasteiger partial charge in [0.15, 0.2) is 0 Å².